The van der Waals surface area contributed by atoms with Crippen molar-refractivity contribution in [3.05, 3.63) is 23.6 Å². The second-order valence-electron chi connectivity index (χ2n) is 4.82. The van der Waals surface area contributed by atoms with Crippen LogP contribution in [0.5, 0.6) is 0 Å². The molecule has 0 spiro atoms. The molecule has 0 amide bonds. The highest BCUT2D eigenvalue weighted by Crippen LogP contribution is 2.26. The average Bonchev–Trinajstić information content (AvgIpc) is 2.61. The number of anilines is 1. The van der Waals surface area contributed by atoms with E-state index in [9.17, 15) is 13.2 Å². The smallest absolute Gasteiger partial charge is 0.251 e. The van der Waals surface area contributed by atoms with Crippen molar-refractivity contribution in [1.29, 1.82) is 0 Å². The molecule has 1 heterocycles. The first-order chi connectivity index (χ1) is 8.59. The molecule has 2 nitrogen and oxygen atoms in total. The van der Waals surface area contributed by atoms with E-state index in [-0.39, 0.29) is 11.9 Å². The molecule has 0 radical (unpaired) electrons. The number of hydrogen-bond donors (Lipinski definition) is 0. The Balaban J connectivity index is 2.21. The maximum atomic E-state index is 13.6. The van der Waals surface area contributed by atoms with Crippen molar-refractivity contribution in [2.45, 2.75) is 44.6 Å². The van der Waals surface area contributed by atoms with Gasteiger partial charge in [-0.15, -0.1) is 0 Å². The molecule has 1 aliphatic rings. The van der Waals surface area contributed by atoms with E-state index in [2.05, 4.69) is 4.98 Å². The van der Waals surface area contributed by atoms with Gasteiger partial charge in [0.25, 0.3) is 5.95 Å². The van der Waals surface area contributed by atoms with Crippen molar-refractivity contribution in [3.63, 3.8) is 0 Å². The fraction of sp³-hybridized carbons (Fsp3) is 0.615. The van der Waals surface area contributed by atoms with Gasteiger partial charge in [0.05, 0.1) is 0 Å². The Morgan fingerprint density at radius 1 is 1.06 bits per heavy atom. The molecule has 1 aromatic heterocycles. The Morgan fingerprint density at radius 2 is 1.67 bits per heavy atom. The van der Waals surface area contributed by atoms with Crippen LogP contribution in [0.15, 0.2) is 6.07 Å². The summed E-state index contributed by atoms with van der Waals surface area (Å²) in [6.07, 6.45) is 6.41. The summed E-state index contributed by atoms with van der Waals surface area (Å²) in [6, 6.07) is 0.713. The van der Waals surface area contributed by atoms with Crippen molar-refractivity contribution in [2.75, 3.05) is 11.9 Å². The molecule has 1 aromatic rings. The van der Waals surface area contributed by atoms with E-state index in [4.69, 9.17) is 0 Å². The van der Waals surface area contributed by atoms with Crippen molar-refractivity contribution >= 4 is 5.82 Å². The lowest BCUT2D eigenvalue weighted by Gasteiger charge is -2.28. The summed E-state index contributed by atoms with van der Waals surface area (Å²) in [7, 11) is 1.69. The number of aromatic nitrogens is 1. The minimum absolute atomic E-state index is 0.0965. The molecule has 0 atom stereocenters. The van der Waals surface area contributed by atoms with Gasteiger partial charge >= 0.3 is 0 Å². The zero-order valence-electron chi connectivity index (χ0n) is 10.4. The Morgan fingerprint density at radius 3 is 2.28 bits per heavy atom. The van der Waals surface area contributed by atoms with Crippen LogP contribution in [0, 0.1) is 17.6 Å². The monoisotopic (exact) mass is 258 g/mol. The predicted molar refractivity (Wildman–Crippen MR) is 64.0 cm³/mol. The van der Waals surface area contributed by atoms with Crippen LogP contribution in [0.3, 0.4) is 0 Å². The Kier molecular flexibility index (Phi) is 4.09. The normalized spacial score (nSPS) is 17.6. The summed E-state index contributed by atoms with van der Waals surface area (Å²) < 4.78 is 39.5. The van der Waals surface area contributed by atoms with Gasteiger partial charge in [-0.25, -0.2) is 8.78 Å². The molecule has 18 heavy (non-hydrogen) atoms. The van der Waals surface area contributed by atoms with Crippen LogP contribution in [0.1, 0.15) is 38.5 Å². The molecule has 1 saturated carbocycles. The van der Waals surface area contributed by atoms with Crippen LogP contribution < -0.4 is 4.90 Å². The molecular weight excluding hydrogens is 241 g/mol. The van der Waals surface area contributed by atoms with Crippen molar-refractivity contribution in [2.24, 2.45) is 0 Å². The van der Waals surface area contributed by atoms with Gasteiger partial charge in [0.1, 0.15) is 0 Å². The summed E-state index contributed by atoms with van der Waals surface area (Å²) in [5, 5.41) is 0. The van der Waals surface area contributed by atoms with Crippen LogP contribution in [0.25, 0.3) is 0 Å². The van der Waals surface area contributed by atoms with Crippen LogP contribution in [0.2, 0.25) is 0 Å². The second kappa shape index (κ2) is 5.59. The molecular formula is C13H17F3N2. The Bertz CT molecular complexity index is 415. The quantitative estimate of drug-likeness (QED) is 0.594. The molecule has 2 rings (SSSR count). The van der Waals surface area contributed by atoms with E-state index in [1.54, 1.807) is 11.9 Å². The van der Waals surface area contributed by atoms with E-state index in [1.165, 1.54) is 12.8 Å². The lowest BCUT2D eigenvalue weighted by molar-refractivity contribution is 0.456. The first-order valence-corrected chi connectivity index (χ1v) is 6.34. The van der Waals surface area contributed by atoms with Gasteiger partial charge in [-0.3, -0.25) is 0 Å². The highest BCUT2D eigenvalue weighted by Gasteiger charge is 2.22. The minimum Gasteiger partial charge on any atom is -0.354 e. The Labute approximate surface area is 105 Å². The SMILES string of the molecule is CN(c1nc(F)c(F)cc1F)C1CCCCCC1. The summed E-state index contributed by atoms with van der Waals surface area (Å²) in [5.74, 6) is -3.39. The Hall–Kier alpha value is -1.26. The first kappa shape index (κ1) is 13.2. The second-order valence-corrected chi connectivity index (χ2v) is 4.82. The fourth-order valence-electron chi connectivity index (χ4n) is 2.50. The molecule has 0 aliphatic heterocycles. The summed E-state index contributed by atoms with van der Waals surface area (Å²) >= 11 is 0. The largest absolute Gasteiger partial charge is 0.354 e. The molecule has 1 fully saturated rings. The van der Waals surface area contributed by atoms with Crippen LogP contribution in [0.4, 0.5) is 19.0 Å². The average molecular weight is 258 g/mol. The summed E-state index contributed by atoms with van der Waals surface area (Å²) in [5.41, 5.74) is 0. The highest BCUT2D eigenvalue weighted by molar-refractivity contribution is 5.40. The van der Waals surface area contributed by atoms with E-state index in [0.29, 0.717) is 6.07 Å². The predicted octanol–water partition coefficient (Wildman–Crippen LogP) is 3.66. The molecule has 100 valence electrons. The van der Waals surface area contributed by atoms with E-state index < -0.39 is 17.6 Å². The highest BCUT2D eigenvalue weighted by atomic mass is 19.2. The van der Waals surface area contributed by atoms with Crippen molar-refractivity contribution in [1.82, 2.24) is 4.98 Å². The van der Waals surface area contributed by atoms with Crippen molar-refractivity contribution < 1.29 is 13.2 Å². The third kappa shape index (κ3) is 2.76. The molecule has 0 bridgehead atoms. The van der Waals surface area contributed by atoms with E-state index >= 15 is 0 Å². The molecule has 0 saturated heterocycles. The number of halogens is 3. The minimum atomic E-state index is -1.24. The van der Waals surface area contributed by atoms with Gasteiger partial charge in [0.2, 0.25) is 0 Å². The number of rotatable bonds is 2. The molecule has 1 aliphatic carbocycles. The van der Waals surface area contributed by atoms with Gasteiger partial charge < -0.3 is 4.90 Å². The summed E-state index contributed by atoms with van der Waals surface area (Å²) in [6.45, 7) is 0. The number of nitrogens with zero attached hydrogens (tertiary/aromatic N) is 2. The molecule has 0 unspecified atom stereocenters. The first-order valence-electron chi connectivity index (χ1n) is 6.34. The van der Waals surface area contributed by atoms with Gasteiger partial charge in [-0.1, -0.05) is 25.7 Å². The zero-order chi connectivity index (χ0) is 13.1. The topological polar surface area (TPSA) is 16.1 Å². The van der Waals surface area contributed by atoms with Crippen molar-refractivity contribution in [3.8, 4) is 0 Å². The van der Waals surface area contributed by atoms with Gasteiger partial charge in [0, 0.05) is 19.2 Å². The maximum Gasteiger partial charge on any atom is 0.251 e. The standard InChI is InChI=1S/C13H17F3N2/c1-18(9-6-4-2-3-5-7-9)13-11(15)8-10(14)12(16)17-13/h8-9H,2-7H2,1H3. The fourth-order valence-corrected chi connectivity index (χ4v) is 2.50. The summed E-state index contributed by atoms with van der Waals surface area (Å²) in [4.78, 5) is 5.03. The third-order valence-electron chi connectivity index (χ3n) is 3.57. The third-order valence-corrected chi connectivity index (χ3v) is 3.57. The molecule has 5 heteroatoms. The molecule has 0 N–H and O–H groups in total. The lowest BCUT2D eigenvalue weighted by Crippen LogP contribution is -2.32. The van der Waals surface area contributed by atoms with Crippen LogP contribution in [-0.4, -0.2) is 18.1 Å². The number of hydrogen-bond acceptors (Lipinski definition) is 2. The van der Waals surface area contributed by atoms with Gasteiger partial charge in [0.15, 0.2) is 17.5 Å². The van der Waals surface area contributed by atoms with Gasteiger partial charge in [-0.2, -0.15) is 9.37 Å². The van der Waals surface area contributed by atoms with Gasteiger partial charge in [-0.05, 0) is 12.8 Å². The zero-order valence-corrected chi connectivity index (χ0v) is 10.4. The van der Waals surface area contributed by atoms with E-state index in [0.717, 1.165) is 25.7 Å². The van der Waals surface area contributed by atoms with Crippen LogP contribution >= 0.6 is 0 Å². The van der Waals surface area contributed by atoms with Crippen LogP contribution in [-0.2, 0) is 0 Å². The molecule has 0 aromatic carbocycles. The van der Waals surface area contributed by atoms with E-state index in [1.807, 2.05) is 0 Å². The number of pyridine rings is 1. The lowest BCUT2D eigenvalue weighted by atomic mass is 10.1. The maximum absolute atomic E-state index is 13.6.